The molecule has 0 radical (unpaired) electrons. The lowest BCUT2D eigenvalue weighted by Gasteiger charge is -2.33. The van der Waals surface area contributed by atoms with Crippen LogP contribution in [0.3, 0.4) is 0 Å². The van der Waals surface area contributed by atoms with Gasteiger partial charge < -0.3 is 25.0 Å². The first kappa shape index (κ1) is 17.8. The number of anilines is 2. The fraction of sp³-hybridized carbons (Fsp3) is 0.389. The van der Waals surface area contributed by atoms with E-state index in [1.807, 2.05) is 0 Å². The molecule has 2 N–H and O–H groups in total. The third-order valence-electron chi connectivity index (χ3n) is 4.25. The van der Waals surface area contributed by atoms with Crippen LogP contribution < -0.4 is 25.0 Å². The average Bonchev–Trinajstić information content (AvgIpc) is 2.68. The molecule has 1 aromatic carbocycles. The molecule has 1 fully saturated rings. The number of methoxy groups -OCH3 is 2. The zero-order valence-corrected chi connectivity index (χ0v) is 14.9. The highest BCUT2D eigenvalue weighted by atomic mass is 16.5. The Kier molecular flexibility index (Phi) is 5.73. The van der Waals surface area contributed by atoms with Gasteiger partial charge in [0.05, 0.1) is 19.9 Å². The molecule has 1 aliphatic heterocycles. The number of hydrogen-bond donors (Lipinski definition) is 2. The molecule has 1 atom stereocenters. The van der Waals surface area contributed by atoms with Crippen LogP contribution in [0, 0.1) is 0 Å². The van der Waals surface area contributed by atoms with Crippen LogP contribution in [0.4, 0.5) is 16.4 Å². The van der Waals surface area contributed by atoms with Crippen LogP contribution in [-0.4, -0.2) is 49.4 Å². The van der Waals surface area contributed by atoms with E-state index in [1.54, 1.807) is 50.9 Å². The lowest BCUT2D eigenvalue weighted by molar-refractivity contribution is 0.246. The number of benzene rings is 1. The summed E-state index contributed by atoms with van der Waals surface area (Å²) < 4.78 is 10.5. The monoisotopic (exact) mass is 357 g/mol. The van der Waals surface area contributed by atoms with Crippen molar-refractivity contribution >= 4 is 17.7 Å². The number of urea groups is 1. The number of amides is 2. The first-order valence-corrected chi connectivity index (χ1v) is 8.51. The van der Waals surface area contributed by atoms with Crippen molar-refractivity contribution < 1.29 is 14.3 Å². The number of rotatable bonds is 5. The van der Waals surface area contributed by atoms with Crippen LogP contribution in [0.15, 0.2) is 36.7 Å². The van der Waals surface area contributed by atoms with E-state index in [1.165, 1.54) is 0 Å². The standard InChI is InChI=1S/C18H23N5O3/c1-25-14-6-7-16(26-2)15(11-14)22-18(24)21-13-5-3-10-23(12-13)17-19-8-4-9-20-17/h4,6-9,11,13H,3,5,10,12H2,1-2H3,(H2,21,22,24). The SMILES string of the molecule is COc1ccc(OC)c(NC(=O)NC2CCCN(c3ncccn3)C2)c1. The molecule has 1 aliphatic rings. The fourth-order valence-electron chi connectivity index (χ4n) is 2.99. The van der Waals surface area contributed by atoms with E-state index in [4.69, 9.17) is 9.47 Å². The molecule has 3 rings (SSSR count). The molecule has 0 saturated carbocycles. The normalized spacial score (nSPS) is 16.7. The van der Waals surface area contributed by atoms with Crippen LogP contribution in [0.1, 0.15) is 12.8 Å². The number of carbonyl (C=O) groups is 1. The maximum Gasteiger partial charge on any atom is 0.319 e. The third-order valence-corrected chi connectivity index (χ3v) is 4.25. The van der Waals surface area contributed by atoms with E-state index in [9.17, 15) is 4.79 Å². The van der Waals surface area contributed by atoms with E-state index >= 15 is 0 Å². The van der Waals surface area contributed by atoms with Crippen LogP contribution in [-0.2, 0) is 0 Å². The topological polar surface area (TPSA) is 88.6 Å². The van der Waals surface area contributed by atoms with Gasteiger partial charge in [-0.3, -0.25) is 0 Å². The lowest BCUT2D eigenvalue weighted by Crippen LogP contribution is -2.49. The van der Waals surface area contributed by atoms with Crippen molar-refractivity contribution in [2.24, 2.45) is 0 Å². The smallest absolute Gasteiger partial charge is 0.319 e. The van der Waals surface area contributed by atoms with Crippen molar-refractivity contribution in [2.45, 2.75) is 18.9 Å². The second kappa shape index (κ2) is 8.37. The van der Waals surface area contributed by atoms with Crippen molar-refractivity contribution in [2.75, 3.05) is 37.5 Å². The summed E-state index contributed by atoms with van der Waals surface area (Å²) in [6, 6.07) is 6.79. The number of ether oxygens (including phenoxy) is 2. The van der Waals surface area contributed by atoms with Crippen LogP contribution >= 0.6 is 0 Å². The molecule has 8 nitrogen and oxygen atoms in total. The molecule has 0 spiro atoms. The average molecular weight is 357 g/mol. The zero-order chi connectivity index (χ0) is 18.4. The summed E-state index contributed by atoms with van der Waals surface area (Å²) in [5.74, 6) is 1.91. The van der Waals surface area contributed by atoms with Gasteiger partial charge in [0.1, 0.15) is 11.5 Å². The molecule has 1 aromatic heterocycles. The van der Waals surface area contributed by atoms with Gasteiger partial charge in [-0.2, -0.15) is 0 Å². The quantitative estimate of drug-likeness (QED) is 0.853. The van der Waals surface area contributed by atoms with E-state index in [0.29, 0.717) is 29.7 Å². The molecular weight excluding hydrogens is 334 g/mol. The van der Waals surface area contributed by atoms with Crippen molar-refractivity contribution in [1.82, 2.24) is 15.3 Å². The molecule has 26 heavy (non-hydrogen) atoms. The summed E-state index contributed by atoms with van der Waals surface area (Å²) in [7, 11) is 3.14. The van der Waals surface area contributed by atoms with Gasteiger partial charge >= 0.3 is 6.03 Å². The van der Waals surface area contributed by atoms with Gasteiger partial charge in [0.25, 0.3) is 0 Å². The summed E-state index contributed by atoms with van der Waals surface area (Å²) in [6.07, 6.45) is 5.32. The highest BCUT2D eigenvalue weighted by Crippen LogP contribution is 2.28. The number of nitrogens with zero attached hydrogens (tertiary/aromatic N) is 3. The van der Waals surface area contributed by atoms with E-state index in [0.717, 1.165) is 19.4 Å². The third kappa shape index (κ3) is 4.33. The second-order valence-corrected chi connectivity index (χ2v) is 6.00. The first-order chi connectivity index (χ1) is 12.7. The van der Waals surface area contributed by atoms with Crippen molar-refractivity contribution in [1.29, 1.82) is 0 Å². The Morgan fingerprint density at radius 3 is 2.77 bits per heavy atom. The fourth-order valence-corrected chi connectivity index (χ4v) is 2.99. The zero-order valence-electron chi connectivity index (χ0n) is 14.9. The molecule has 8 heteroatoms. The minimum atomic E-state index is -0.280. The predicted molar refractivity (Wildman–Crippen MR) is 99.0 cm³/mol. The number of hydrogen-bond acceptors (Lipinski definition) is 6. The number of piperidine rings is 1. The predicted octanol–water partition coefficient (Wildman–Crippen LogP) is 2.28. The number of nitrogens with one attached hydrogen (secondary N) is 2. The van der Waals surface area contributed by atoms with Gasteiger partial charge in [0, 0.05) is 37.6 Å². The lowest BCUT2D eigenvalue weighted by atomic mass is 10.1. The Balaban J connectivity index is 1.61. The Bertz CT molecular complexity index is 741. The highest BCUT2D eigenvalue weighted by Gasteiger charge is 2.23. The summed E-state index contributed by atoms with van der Waals surface area (Å²) in [4.78, 5) is 23.1. The van der Waals surface area contributed by atoms with Gasteiger partial charge in [-0.05, 0) is 31.0 Å². The maximum atomic E-state index is 12.4. The minimum absolute atomic E-state index is 0.0177. The van der Waals surface area contributed by atoms with Gasteiger partial charge in [0.2, 0.25) is 5.95 Å². The van der Waals surface area contributed by atoms with E-state index in [-0.39, 0.29) is 12.1 Å². The van der Waals surface area contributed by atoms with E-state index in [2.05, 4.69) is 25.5 Å². The molecule has 0 bridgehead atoms. The highest BCUT2D eigenvalue weighted by molar-refractivity contribution is 5.91. The molecule has 1 unspecified atom stereocenters. The Morgan fingerprint density at radius 2 is 2.04 bits per heavy atom. The Morgan fingerprint density at radius 1 is 1.23 bits per heavy atom. The Hall–Kier alpha value is -3.03. The molecule has 2 amide bonds. The van der Waals surface area contributed by atoms with E-state index < -0.39 is 0 Å². The van der Waals surface area contributed by atoms with Crippen LogP contribution in [0.5, 0.6) is 11.5 Å². The Labute approximate surface area is 152 Å². The van der Waals surface area contributed by atoms with Crippen LogP contribution in [0.25, 0.3) is 0 Å². The van der Waals surface area contributed by atoms with Gasteiger partial charge in [-0.25, -0.2) is 14.8 Å². The molecule has 2 aromatic rings. The van der Waals surface area contributed by atoms with Gasteiger partial charge in [0.15, 0.2) is 0 Å². The molecule has 0 aliphatic carbocycles. The molecule has 1 saturated heterocycles. The first-order valence-electron chi connectivity index (χ1n) is 8.51. The summed E-state index contributed by atoms with van der Waals surface area (Å²) >= 11 is 0. The van der Waals surface area contributed by atoms with Crippen molar-refractivity contribution in [3.63, 3.8) is 0 Å². The van der Waals surface area contributed by atoms with Crippen LogP contribution in [0.2, 0.25) is 0 Å². The van der Waals surface area contributed by atoms with Gasteiger partial charge in [-0.1, -0.05) is 0 Å². The number of aromatic nitrogens is 2. The van der Waals surface area contributed by atoms with Crippen molar-refractivity contribution in [3.8, 4) is 11.5 Å². The summed E-state index contributed by atoms with van der Waals surface area (Å²) in [5, 5.41) is 5.85. The largest absolute Gasteiger partial charge is 0.497 e. The minimum Gasteiger partial charge on any atom is -0.497 e. The number of carbonyl (C=O) groups excluding carboxylic acids is 1. The molecule has 138 valence electrons. The van der Waals surface area contributed by atoms with Gasteiger partial charge in [-0.15, -0.1) is 0 Å². The second-order valence-electron chi connectivity index (χ2n) is 6.00. The maximum absolute atomic E-state index is 12.4. The summed E-state index contributed by atoms with van der Waals surface area (Å²) in [5.41, 5.74) is 0.559. The summed E-state index contributed by atoms with van der Waals surface area (Å²) in [6.45, 7) is 1.56. The van der Waals surface area contributed by atoms with Crippen molar-refractivity contribution in [3.05, 3.63) is 36.7 Å². The molecule has 2 heterocycles. The molecular formula is C18H23N5O3.